The summed E-state index contributed by atoms with van der Waals surface area (Å²) < 4.78 is 0. The van der Waals surface area contributed by atoms with Gasteiger partial charge in [0.2, 0.25) is 5.91 Å². The normalized spacial score (nSPS) is 15.9. The average Bonchev–Trinajstić information content (AvgIpc) is 1.99. The molecule has 0 aliphatic rings. The number of carbonyl (C=O) groups excluding carboxylic acids is 1. The first-order chi connectivity index (χ1) is 5.11. The van der Waals surface area contributed by atoms with Crippen molar-refractivity contribution >= 4 is 5.91 Å². The van der Waals surface area contributed by atoms with Crippen molar-refractivity contribution in [1.29, 1.82) is 0 Å². The van der Waals surface area contributed by atoms with E-state index in [4.69, 9.17) is 16.6 Å². The summed E-state index contributed by atoms with van der Waals surface area (Å²) in [5.41, 5.74) is 10.5. The van der Waals surface area contributed by atoms with Gasteiger partial charge in [-0.25, -0.2) is 0 Å². The molecule has 0 saturated carbocycles. The molecule has 0 unspecified atom stereocenters. The molecule has 0 aliphatic carbocycles. The van der Waals surface area contributed by atoms with Gasteiger partial charge in [0.25, 0.3) is 0 Å². The topological polar surface area (TPSA) is 89.3 Å². The first kappa shape index (κ1) is 10.4. The Hall–Kier alpha value is -0.610. The van der Waals surface area contributed by atoms with Crippen LogP contribution in [-0.2, 0) is 4.79 Å². The van der Waals surface area contributed by atoms with Gasteiger partial charge in [0.05, 0.1) is 6.61 Å². The van der Waals surface area contributed by atoms with Crippen molar-refractivity contribution in [2.24, 2.45) is 17.4 Å². The minimum absolute atomic E-state index is 0.0935. The van der Waals surface area contributed by atoms with E-state index in [1.165, 1.54) is 0 Å². The Morgan fingerprint density at radius 3 is 2.45 bits per heavy atom. The molecule has 0 radical (unpaired) electrons. The zero-order valence-electron chi connectivity index (χ0n) is 6.79. The largest absolute Gasteiger partial charge is 0.395 e. The molecule has 4 nitrogen and oxygen atoms in total. The first-order valence-corrected chi connectivity index (χ1v) is 3.77. The Morgan fingerprint density at radius 2 is 2.18 bits per heavy atom. The molecule has 4 heteroatoms. The molecule has 0 aromatic carbocycles. The molecule has 0 saturated heterocycles. The molecule has 0 aliphatic heterocycles. The molecular formula is C7H16N2O2. The van der Waals surface area contributed by atoms with Crippen molar-refractivity contribution in [2.75, 3.05) is 6.61 Å². The zero-order chi connectivity index (χ0) is 8.85. The van der Waals surface area contributed by atoms with Gasteiger partial charge in [-0.15, -0.1) is 0 Å². The van der Waals surface area contributed by atoms with Gasteiger partial charge in [-0.3, -0.25) is 4.79 Å². The Morgan fingerprint density at radius 1 is 1.64 bits per heavy atom. The molecule has 2 atom stereocenters. The van der Waals surface area contributed by atoms with E-state index in [1.807, 2.05) is 6.92 Å². The standard InChI is InChI=1S/C7H16N2O2/c1-2-5(7(9)11)3-6(8)4-10/h5-6,10H,2-4,8H2,1H3,(H2,9,11)/t5-,6-/m0/s1. The van der Waals surface area contributed by atoms with Crippen molar-refractivity contribution in [3.63, 3.8) is 0 Å². The third-order valence-electron chi connectivity index (χ3n) is 1.72. The van der Waals surface area contributed by atoms with Crippen LogP contribution in [-0.4, -0.2) is 23.7 Å². The SMILES string of the molecule is CC[C@@H](C[C@H](N)CO)C(N)=O. The lowest BCUT2D eigenvalue weighted by Gasteiger charge is -2.14. The van der Waals surface area contributed by atoms with Gasteiger partial charge < -0.3 is 16.6 Å². The Balaban J connectivity index is 3.77. The van der Waals surface area contributed by atoms with Crippen molar-refractivity contribution < 1.29 is 9.90 Å². The van der Waals surface area contributed by atoms with Crippen LogP contribution < -0.4 is 11.5 Å². The zero-order valence-corrected chi connectivity index (χ0v) is 6.79. The minimum atomic E-state index is -0.337. The van der Waals surface area contributed by atoms with E-state index in [1.54, 1.807) is 0 Å². The van der Waals surface area contributed by atoms with Gasteiger partial charge in [-0.05, 0) is 12.8 Å². The number of rotatable bonds is 5. The van der Waals surface area contributed by atoms with Crippen LogP contribution in [0.1, 0.15) is 19.8 Å². The maximum absolute atomic E-state index is 10.7. The number of hydrogen-bond acceptors (Lipinski definition) is 3. The fraction of sp³-hybridized carbons (Fsp3) is 0.857. The number of aliphatic hydroxyl groups is 1. The lowest BCUT2D eigenvalue weighted by molar-refractivity contribution is -0.122. The van der Waals surface area contributed by atoms with E-state index in [-0.39, 0.29) is 24.5 Å². The average molecular weight is 160 g/mol. The second kappa shape index (κ2) is 5.09. The molecule has 0 bridgehead atoms. The summed E-state index contributed by atoms with van der Waals surface area (Å²) in [5.74, 6) is -0.534. The summed E-state index contributed by atoms with van der Waals surface area (Å²) >= 11 is 0. The summed E-state index contributed by atoms with van der Waals surface area (Å²) in [6.07, 6.45) is 1.16. The highest BCUT2D eigenvalue weighted by atomic mass is 16.3. The molecule has 0 aromatic heterocycles. The van der Waals surface area contributed by atoms with Crippen LogP contribution >= 0.6 is 0 Å². The van der Waals surface area contributed by atoms with Gasteiger partial charge in [-0.2, -0.15) is 0 Å². The van der Waals surface area contributed by atoms with Crippen LogP contribution in [0.25, 0.3) is 0 Å². The molecule has 0 heterocycles. The van der Waals surface area contributed by atoms with Crippen LogP contribution in [0.5, 0.6) is 0 Å². The van der Waals surface area contributed by atoms with E-state index >= 15 is 0 Å². The summed E-state index contributed by atoms with van der Waals surface area (Å²) in [4.78, 5) is 10.7. The van der Waals surface area contributed by atoms with E-state index < -0.39 is 0 Å². The van der Waals surface area contributed by atoms with Gasteiger partial charge in [0.15, 0.2) is 0 Å². The van der Waals surface area contributed by atoms with Crippen LogP contribution in [0.3, 0.4) is 0 Å². The van der Waals surface area contributed by atoms with Crippen LogP contribution in [0.4, 0.5) is 0 Å². The smallest absolute Gasteiger partial charge is 0.220 e. The molecule has 0 aromatic rings. The summed E-state index contributed by atoms with van der Waals surface area (Å²) in [6.45, 7) is 1.78. The molecule has 0 fully saturated rings. The third kappa shape index (κ3) is 3.95. The van der Waals surface area contributed by atoms with Crippen LogP contribution in [0, 0.1) is 5.92 Å². The number of aliphatic hydroxyl groups excluding tert-OH is 1. The fourth-order valence-electron chi connectivity index (χ4n) is 0.924. The monoisotopic (exact) mass is 160 g/mol. The third-order valence-corrected chi connectivity index (χ3v) is 1.72. The maximum atomic E-state index is 10.7. The van der Waals surface area contributed by atoms with E-state index in [0.717, 1.165) is 0 Å². The van der Waals surface area contributed by atoms with Gasteiger partial charge in [-0.1, -0.05) is 6.92 Å². The van der Waals surface area contributed by atoms with E-state index in [2.05, 4.69) is 0 Å². The van der Waals surface area contributed by atoms with Crippen molar-refractivity contribution in [1.82, 2.24) is 0 Å². The highest BCUT2D eigenvalue weighted by molar-refractivity contribution is 5.76. The number of primary amides is 1. The maximum Gasteiger partial charge on any atom is 0.220 e. The second-order valence-corrected chi connectivity index (χ2v) is 2.69. The second-order valence-electron chi connectivity index (χ2n) is 2.69. The first-order valence-electron chi connectivity index (χ1n) is 3.77. The Kier molecular flexibility index (Phi) is 4.81. The molecule has 0 rings (SSSR count). The number of nitrogens with two attached hydrogens (primary N) is 2. The molecule has 1 amide bonds. The predicted octanol–water partition coefficient (Wildman–Crippen LogP) is -0.792. The predicted molar refractivity (Wildman–Crippen MR) is 42.7 cm³/mol. The quantitative estimate of drug-likeness (QED) is 0.492. The lowest BCUT2D eigenvalue weighted by atomic mass is 9.97. The van der Waals surface area contributed by atoms with Crippen molar-refractivity contribution in [3.8, 4) is 0 Å². The lowest BCUT2D eigenvalue weighted by Crippen LogP contribution is -2.32. The van der Waals surface area contributed by atoms with Crippen LogP contribution in [0.2, 0.25) is 0 Å². The molecule has 66 valence electrons. The fourth-order valence-corrected chi connectivity index (χ4v) is 0.924. The number of hydrogen-bond donors (Lipinski definition) is 3. The van der Waals surface area contributed by atoms with Gasteiger partial charge in [0, 0.05) is 12.0 Å². The minimum Gasteiger partial charge on any atom is -0.395 e. The summed E-state index contributed by atoms with van der Waals surface area (Å²) in [7, 11) is 0. The van der Waals surface area contributed by atoms with Crippen molar-refractivity contribution in [2.45, 2.75) is 25.8 Å². The van der Waals surface area contributed by atoms with E-state index in [9.17, 15) is 4.79 Å². The molecule has 0 spiro atoms. The highest BCUT2D eigenvalue weighted by Crippen LogP contribution is 2.08. The summed E-state index contributed by atoms with van der Waals surface area (Å²) in [5, 5.41) is 8.58. The van der Waals surface area contributed by atoms with Crippen LogP contribution in [0.15, 0.2) is 0 Å². The molecular weight excluding hydrogens is 144 g/mol. The highest BCUT2D eigenvalue weighted by Gasteiger charge is 2.15. The number of amides is 1. The Labute approximate surface area is 66.6 Å². The van der Waals surface area contributed by atoms with Gasteiger partial charge in [0.1, 0.15) is 0 Å². The Bertz CT molecular complexity index is 128. The summed E-state index contributed by atoms with van der Waals surface area (Å²) in [6, 6.07) is -0.326. The molecule has 5 N–H and O–H groups in total. The van der Waals surface area contributed by atoms with Gasteiger partial charge >= 0.3 is 0 Å². The van der Waals surface area contributed by atoms with E-state index in [0.29, 0.717) is 12.8 Å². The number of carbonyl (C=O) groups is 1. The molecule has 11 heavy (non-hydrogen) atoms. The van der Waals surface area contributed by atoms with Crippen molar-refractivity contribution in [3.05, 3.63) is 0 Å².